The number of aryl methyl sites for hydroxylation is 2. The first-order valence-corrected chi connectivity index (χ1v) is 7.84. The van der Waals surface area contributed by atoms with Crippen LogP contribution in [0.3, 0.4) is 0 Å². The molecule has 1 amide bonds. The lowest BCUT2D eigenvalue weighted by molar-refractivity contribution is -0.116. The van der Waals surface area contributed by atoms with Crippen LogP contribution in [0.5, 0.6) is 0 Å². The van der Waals surface area contributed by atoms with E-state index in [1.807, 2.05) is 19.3 Å². The number of hydrogen-bond donors (Lipinski definition) is 1. The van der Waals surface area contributed by atoms with Crippen LogP contribution in [0.25, 0.3) is 5.82 Å². The Morgan fingerprint density at radius 3 is 2.91 bits per heavy atom. The van der Waals surface area contributed by atoms with Gasteiger partial charge in [0.1, 0.15) is 0 Å². The number of nitrogens with one attached hydrogen (secondary N) is 1. The van der Waals surface area contributed by atoms with Crippen molar-refractivity contribution in [3.05, 3.63) is 53.2 Å². The predicted molar refractivity (Wildman–Crippen MR) is 89.2 cm³/mol. The van der Waals surface area contributed by atoms with Gasteiger partial charge in [0, 0.05) is 42.7 Å². The number of halogens is 1. The summed E-state index contributed by atoms with van der Waals surface area (Å²) in [5, 5.41) is 11.1. The highest BCUT2D eigenvalue weighted by Gasteiger charge is 2.11. The zero-order valence-corrected chi connectivity index (χ0v) is 14.1. The van der Waals surface area contributed by atoms with Crippen molar-refractivity contribution in [2.24, 2.45) is 7.05 Å². The van der Waals surface area contributed by atoms with E-state index in [-0.39, 0.29) is 5.91 Å². The highest BCUT2D eigenvalue weighted by molar-refractivity contribution is 9.10. The predicted octanol–water partition coefficient (Wildman–Crippen LogP) is 2.33. The van der Waals surface area contributed by atoms with Gasteiger partial charge in [0.2, 0.25) is 5.91 Å². The van der Waals surface area contributed by atoms with Crippen molar-refractivity contribution in [2.75, 3.05) is 5.32 Å². The van der Waals surface area contributed by atoms with Crippen molar-refractivity contribution in [3.63, 3.8) is 0 Å². The number of aromatic nitrogens is 5. The summed E-state index contributed by atoms with van der Waals surface area (Å²) in [5.41, 5.74) is 1.64. The normalized spacial score (nSPS) is 10.7. The van der Waals surface area contributed by atoms with E-state index >= 15 is 0 Å². The minimum Gasteiger partial charge on any atom is -0.323 e. The van der Waals surface area contributed by atoms with Gasteiger partial charge in [0.05, 0.1) is 11.9 Å². The molecular weight excluding hydrogens is 360 g/mol. The molecule has 0 spiro atoms. The number of carbonyl (C=O) groups is 1. The summed E-state index contributed by atoms with van der Waals surface area (Å²) in [7, 11) is 1.85. The van der Waals surface area contributed by atoms with E-state index < -0.39 is 0 Å². The lowest BCUT2D eigenvalue weighted by Crippen LogP contribution is -2.15. The fourth-order valence-corrected chi connectivity index (χ4v) is 2.50. The van der Waals surface area contributed by atoms with Gasteiger partial charge < -0.3 is 5.32 Å². The standard InChI is InChI=1S/C15H15BrN6O/c1-21-10-11(8-19-21)3-4-14(23)20-13-7-12(16)9-17-15(13)22-6-2-5-18-22/h2,5-10H,3-4H2,1H3,(H,20,23). The van der Waals surface area contributed by atoms with Crippen LogP contribution in [-0.2, 0) is 18.3 Å². The van der Waals surface area contributed by atoms with Crippen molar-refractivity contribution in [1.82, 2.24) is 24.5 Å². The molecular formula is C15H15BrN6O. The van der Waals surface area contributed by atoms with Crippen LogP contribution in [0.15, 0.2) is 47.6 Å². The Labute approximate surface area is 141 Å². The van der Waals surface area contributed by atoms with Gasteiger partial charge in [-0.2, -0.15) is 10.2 Å². The minimum absolute atomic E-state index is 0.0813. The average Bonchev–Trinajstić information content (AvgIpc) is 3.17. The Balaban J connectivity index is 1.71. The van der Waals surface area contributed by atoms with E-state index in [2.05, 4.69) is 36.4 Å². The summed E-state index contributed by atoms with van der Waals surface area (Å²) in [5.74, 6) is 0.495. The number of carbonyl (C=O) groups excluding carboxylic acids is 1. The third kappa shape index (κ3) is 3.84. The topological polar surface area (TPSA) is 77.6 Å². The van der Waals surface area contributed by atoms with E-state index in [1.165, 1.54) is 0 Å². The summed E-state index contributed by atoms with van der Waals surface area (Å²) in [6.45, 7) is 0. The van der Waals surface area contributed by atoms with Gasteiger partial charge in [-0.05, 0) is 40.0 Å². The SMILES string of the molecule is Cn1cc(CCC(=O)Nc2cc(Br)cnc2-n2cccn2)cn1. The Hall–Kier alpha value is -2.48. The summed E-state index contributed by atoms with van der Waals surface area (Å²) >= 11 is 3.37. The molecule has 3 aromatic rings. The highest BCUT2D eigenvalue weighted by atomic mass is 79.9. The van der Waals surface area contributed by atoms with Crippen molar-refractivity contribution in [1.29, 1.82) is 0 Å². The van der Waals surface area contributed by atoms with E-state index in [4.69, 9.17) is 0 Å². The molecule has 23 heavy (non-hydrogen) atoms. The fourth-order valence-electron chi connectivity index (χ4n) is 2.17. The number of amides is 1. The molecule has 3 aromatic heterocycles. The lowest BCUT2D eigenvalue weighted by atomic mass is 10.2. The van der Waals surface area contributed by atoms with Crippen LogP contribution in [0.2, 0.25) is 0 Å². The zero-order chi connectivity index (χ0) is 16.2. The summed E-state index contributed by atoms with van der Waals surface area (Å²) in [6.07, 6.45) is 9.79. The second-order valence-corrected chi connectivity index (χ2v) is 5.96. The molecule has 0 unspecified atom stereocenters. The first-order chi connectivity index (χ1) is 11.1. The van der Waals surface area contributed by atoms with Crippen molar-refractivity contribution >= 4 is 27.5 Å². The van der Waals surface area contributed by atoms with Gasteiger partial charge in [-0.25, -0.2) is 9.67 Å². The molecule has 0 bridgehead atoms. The zero-order valence-electron chi connectivity index (χ0n) is 12.5. The molecule has 3 heterocycles. The average molecular weight is 375 g/mol. The molecule has 0 aliphatic rings. The first kappa shape index (κ1) is 15.4. The van der Waals surface area contributed by atoms with Gasteiger partial charge in [-0.15, -0.1) is 0 Å². The van der Waals surface area contributed by atoms with Gasteiger partial charge in [0.15, 0.2) is 5.82 Å². The van der Waals surface area contributed by atoms with Crippen molar-refractivity contribution < 1.29 is 4.79 Å². The Bertz CT molecular complexity index is 811. The van der Waals surface area contributed by atoms with Crippen molar-refractivity contribution in [3.8, 4) is 5.82 Å². The van der Waals surface area contributed by atoms with Gasteiger partial charge in [-0.3, -0.25) is 9.48 Å². The third-order valence-electron chi connectivity index (χ3n) is 3.23. The minimum atomic E-state index is -0.0813. The molecule has 0 saturated carbocycles. The first-order valence-electron chi connectivity index (χ1n) is 7.05. The number of hydrogen-bond acceptors (Lipinski definition) is 4. The molecule has 0 aliphatic heterocycles. The Morgan fingerprint density at radius 1 is 1.35 bits per heavy atom. The van der Waals surface area contributed by atoms with E-state index in [0.717, 1.165) is 10.0 Å². The van der Waals surface area contributed by atoms with Gasteiger partial charge >= 0.3 is 0 Å². The van der Waals surface area contributed by atoms with Crippen molar-refractivity contribution in [2.45, 2.75) is 12.8 Å². The lowest BCUT2D eigenvalue weighted by Gasteiger charge is -2.10. The molecule has 0 aliphatic carbocycles. The summed E-state index contributed by atoms with van der Waals surface area (Å²) in [6, 6.07) is 3.61. The molecule has 118 valence electrons. The third-order valence-corrected chi connectivity index (χ3v) is 3.66. The smallest absolute Gasteiger partial charge is 0.224 e. The Kier molecular flexibility index (Phi) is 4.52. The molecule has 3 rings (SSSR count). The molecule has 0 radical (unpaired) electrons. The number of pyridine rings is 1. The maximum Gasteiger partial charge on any atom is 0.224 e. The number of rotatable bonds is 5. The summed E-state index contributed by atoms with van der Waals surface area (Å²) < 4.78 is 4.13. The summed E-state index contributed by atoms with van der Waals surface area (Å²) in [4.78, 5) is 16.5. The second-order valence-electron chi connectivity index (χ2n) is 5.05. The van der Waals surface area contributed by atoms with Gasteiger partial charge in [0.25, 0.3) is 0 Å². The molecule has 7 nitrogen and oxygen atoms in total. The molecule has 0 fully saturated rings. The molecule has 0 aromatic carbocycles. The molecule has 0 atom stereocenters. The van der Waals surface area contributed by atoms with Crippen LogP contribution in [0, 0.1) is 0 Å². The van der Waals surface area contributed by atoms with Crippen LogP contribution >= 0.6 is 15.9 Å². The molecule has 1 N–H and O–H groups in total. The number of nitrogens with zero attached hydrogens (tertiary/aromatic N) is 5. The fraction of sp³-hybridized carbons (Fsp3) is 0.200. The van der Waals surface area contributed by atoms with E-state index in [1.54, 1.807) is 40.2 Å². The molecule has 8 heteroatoms. The highest BCUT2D eigenvalue weighted by Crippen LogP contribution is 2.22. The molecule has 0 saturated heterocycles. The van der Waals surface area contributed by atoms with Crippen LogP contribution < -0.4 is 5.32 Å². The maximum absolute atomic E-state index is 12.2. The quantitative estimate of drug-likeness (QED) is 0.743. The van der Waals surface area contributed by atoms with E-state index in [9.17, 15) is 4.79 Å². The monoisotopic (exact) mass is 374 g/mol. The maximum atomic E-state index is 12.2. The van der Waals surface area contributed by atoms with Gasteiger partial charge in [-0.1, -0.05) is 0 Å². The van der Waals surface area contributed by atoms with Crippen LogP contribution in [0.1, 0.15) is 12.0 Å². The number of anilines is 1. The van der Waals surface area contributed by atoms with E-state index in [0.29, 0.717) is 24.3 Å². The van der Waals surface area contributed by atoms with Crippen LogP contribution in [-0.4, -0.2) is 30.5 Å². The second kappa shape index (κ2) is 6.74. The van der Waals surface area contributed by atoms with Crippen LogP contribution in [0.4, 0.5) is 5.69 Å². The largest absolute Gasteiger partial charge is 0.323 e. The Morgan fingerprint density at radius 2 is 2.22 bits per heavy atom.